The van der Waals surface area contributed by atoms with Crippen molar-refractivity contribution in [2.45, 2.75) is 26.1 Å². The Morgan fingerprint density at radius 1 is 1.22 bits per heavy atom. The molecular formula is C12H12F3N3. The number of nitrogens with zero attached hydrogens (tertiary/aromatic N) is 2. The molecule has 3 nitrogen and oxygen atoms in total. The van der Waals surface area contributed by atoms with E-state index in [0.717, 1.165) is 6.07 Å². The molecule has 0 saturated carbocycles. The van der Waals surface area contributed by atoms with Gasteiger partial charge in [0.1, 0.15) is 5.82 Å². The van der Waals surface area contributed by atoms with Gasteiger partial charge in [0, 0.05) is 11.1 Å². The minimum atomic E-state index is -4.44. The molecule has 0 saturated heterocycles. The second kappa shape index (κ2) is 4.20. The molecule has 0 fully saturated rings. The Labute approximate surface area is 102 Å². The molecule has 1 aromatic carbocycles. The fourth-order valence-corrected chi connectivity index (χ4v) is 1.76. The van der Waals surface area contributed by atoms with Gasteiger partial charge in [-0.2, -0.15) is 13.2 Å². The fourth-order valence-electron chi connectivity index (χ4n) is 1.76. The predicted octanol–water partition coefficient (Wildman–Crippen LogP) is 2.98. The van der Waals surface area contributed by atoms with Gasteiger partial charge in [-0.25, -0.2) is 9.97 Å². The Bertz CT molecular complexity index is 591. The first-order valence-corrected chi connectivity index (χ1v) is 5.40. The quantitative estimate of drug-likeness (QED) is 0.852. The summed E-state index contributed by atoms with van der Waals surface area (Å²) in [4.78, 5) is 8.07. The Hall–Kier alpha value is -1.69. The van der Waals surface area contributed by atoms with Crippen LogP contribution in [0.2, 0.25) is 0 Å². The summed E-state index contributed by atoms with van der Waals surface area (Å²) in [6.07, 6.45) is -4.44. The molecule has 1 unspecified atom stereocenters. The average Bonchev–Trinajstić information content (AvgIpc) is 2.26. The lowest BCUT2D eigenvalue weighted by atomic mass is 10.1. The summed E-state index contributed by atoms with van der Waals surface area (Å²) in [5.41, 5.74) is 5.28. The van der Waals surface area contributed by atoms with Crippen LogP contribution in [-0.4, -0.2) is 9.97 Å². The molecule has 96 valence electrons. The van der Waals surface area contributed by atoms with Crippen molar-refractivity contribution in [2.75, 3.05) is 0 Å². The molecule has 2 N–H and O–H groups in total. The van der Waals surface area contributed by atoms with E-state index in [1.165, 1.54) is 6.07 Å². The topological polar surface area (TPSA) is 51.8 Å². The number of aromatic nitrogens is 2. The fraction of sp³-hybridized carbons (Fsp3) is 0.333. The summed E-state index contributed by atoms with van der Waals surface area (Å²) in [6.45, 7) is 3.28. The third kappa shape index (κ3) is 2.15. The lowest BCUT2D eigenvalue weighted by molar-refractivity contribution is -0.136. The molecule has 0 bridgehead atoms. The highest BCUT2D eigenvalue weighted by molar-refractivity contribution is 5.84. The zero-order chi connectivity index (χ0) is 13.5. The van der Waals surface area contributed by atoms with Gasteiger partial charge in [-0.05, 0) is 19.9 Å². The van der Waals surface area contributed by atoms with E-state index in [1.807, 2.05) is 0 Å². The van der Waals surface area contributed by atoms with Crippen molar-refractivity contribution in [3.63, 3.8) is 0 Å². The molecule has 1 aromatic heterocycles. The van der Waals surface area contributed by atoms with Crippen molar-refractivity contribution in [1.82, 2.24) is 9.97 Å². The van der Waals surface area contributed by atoms with E-state index >= 15 is 0 Å². The van der Waals surface area contributed by atoms with Gasteiger partial charge >= 0.3 is 6.18 Å². The minimum Gasteiger partial charge on any atom is -0.322 e. The van der Waals surface area contributed by atoms with Crippen LogP contribution in [0.25, 0.3) is 10.9 Å². The van der Waals surface area contributed by atoms with Gasteiger partial charge in [0.15, 0.2) is 0 Å². The number of rotatable bonds is 1. The first-order valence-electron chi connectivity index (χ1n) is 5.40. The zero-order valence-electron chi connectivity index (χ0n) is 9.92. The number of hydrogen-bond acceptors (Lipinski definition) is 3. The van der Waals surface area contributed by atoms with Crippen LogP contribution in [-0.2, 0) is 6.18 Å². The van der Waals surface area contributed by atoms with Gasteiger partial charge in [0.2, 0.25) is 0 Å². The van der Waals surface area contributed by atoms with Crippen molar-refractivity contribution < 1.29 is 13.2 Å². The zero-order valence-corrected chi connectivity index (χ0v) is 9.92. The average molecular weight is 255 g/mol. The Kier molecular flexibility index (Phi) is 2.98. The van der Waals surface area contributed by atoms with Crippen LogP contribution in [0.5, 0.6) is 0 Å². The molecule has 0 radical (unpaired) electrons. The van der Waals surface area contributed by atoms with Gasteiger partial charge in [0.05, 0.1) is 17.1 Å². The predicted molar refractivity (Wildman–Crippen MR) is 61.9 cm³/mol. The second-order valence-corrected chi connectivity index (χ2v) is 4.16. The maximum absolute atomic E-state index is 12.9. The number of alkyl halides is 3. The summed E-state index contributed by atoms with van der Waals surface area (Å²) in [5.74, 6) is 0.219. The third-order valence-corrected chi connectivity index (χ3v) is 2.65. The van der Waals surface area contributed by atoms with Crippen molar-refractivity contribution in [3.8, 4) is 0 Å². The second-order valence-electron chi connectivity index (χ2n) is 4.16. The minimum absolute atomic E-state index is 0.0928. The highest BCUT2D eigenvalue weighted by atomic mass is 19.4. The molecule has 1 heterocycles. The van der Waals surface area contributed by atoms with Crippen LogP contribution in [0.15, 0.2) is 18.2 Å². The molecule has 0 spiro atoms. The van der Waals surface area contributed by atoms with Crippen LogP contribution >= 0.6 is 0 Å². The largest absolute Gasteiger partial charge is 0.418 e. The van der Waals surface area contributed by atoms with Crippen LogP contribution in [0.3, 0.4) is 0 Å². The highest BCUT2D eigenvalue weighted by Crippen LogP contribution is 2.34. The summed E-state index contributed by atoms with van der Waals surface area (Å²) >= 11 is 0. The van der Waals surface area contributed by atoms with Crippen LogP contribution in [0.4, 0.5) is 13.2 Å². The summed E-state index contributed by atoms with van der Waals surface area (Å²) in [7, 11) is 0. The first-order chi connectivity index (χ1) is 8.30. The van der Waals surface area contributed by atoms with Gasteiger partial charge in [-0.1, -0.05) is 12.1 Å². The van der Waals surface area contributed by atoms with E-state index < -0.39 is 17.8 Å². The van der Waals surface area contributed by atoms with Crippen LogP contribution < -0.4 is 5.73 Å². The normalized spacial score (nSPS) is 13.9. The highest BCUT2D eigenvalue weighted by Gasteiger charge is 2.33. The number of nitrogens with two attached hydrogens (primary N) is 1. The molecule has 0 aliphatic carbocycles. The first kappa shape index (κ1) is 12.8. The van der Waals surface area contributed by atoms with Crippen molar-refractivity contribution in [1.29, 1.82) is 0 Å². The Morgan fingerprint density at radius 2 is 1.89 bits per heavy atom. The Morgan fingerprint density at radius 3 is 2.44 bits per heavy atom. The molecule has 0 aliphatic heterocycles. The summed E-state index contributed by atoms with van der Waals surface area (Å²) in [6, 6.07) is 3.44. The molecule has 2 aromatic rings. The third-order valence-electron chi connectivity index (χ3n) is 2.65. The van der Waals surface area contributed by atoms with E-state index in [-0.39, 0.29) is 11.3 Å². The lowest BCUT2D eigenvalue weighted by Gasteiger charge is -2.13. The molecule has 1 atom stereocenters. The van der Waals surface area contributed by atoms with E-state index in [0.29, 0.717) is 11.1 Å². The van der Waals surface area contributed by atoms with Crippen molar-refractivity contribution >= 4 is 10.9 Å². The maximum atomic E-state index is 12.9. The number of aryl methyl sites for hydroxylation is 1. The van der Waals surface area contributed by atoms with Gasteiger partial charge < -0.3 is 5.73 Å². The molecule has 2 rings (SSSR count). The van der Waals surface area contributed by atoms with Crippen LogP contribution in [0.1, 0.15) is 30.0 Å². The van der Waals surface area contributed by atoms with Gasteiger partial charge in [-0.15, -0.1) is 0 Å². The number of benzene rings is 1. The maximum Gasteiger partial charge on any atom is 0.418 e. The van der Waals surface area contributed by atoms with E-state index in [2.05, 4.69) is 9.97 Å². The standard InChI is InChI=1S/C12H12F3N3/c1-6(16)11-17-7(2)8-4-3-5-9(10(8)18-11)12(13,14)15/h3-6H,16H2,1-2H3. The molecule has 0 aliphatic rings. The molecule has 6 heteroatoms. The van der Waals surface area contributed by atoms with E-state index in [4.69, 9.17) is 5.73 Å². The SMILES string of the molecule is Cc1nc(C(C)N)nc2c(C(F)(F)F)cccc12. The summed E-state index contributed by atoms with van der Waals surface area (Å²) in [5, 5.41) is 0.397. The number of fused-ring (bicyclic) bond motifs is 1. The Balaban J connectivity index is 2.82. The molecule has 18 heavy (non-hydrogen) atoms. The molecule has 0 amide bonds. The van der Waals surface area contributed by atoms with Crippen molar-refractivity contribution in [2.24, 2.45) is 5.73 Å². The van der Waals surface area contributed by atoms with Crippen LogP contribution in [0, 0.1) is 6.92 Å². The van der Waals surface area contributed by atoms with E-state index in [1.54, 1.807) is 19.9 Å². The van der Waals surface area contributed by atoms with Gasteiger partial charge in [0.25, 0.3) is 0 Å². The van der Waals surface area contributed by atoms with E-state index in [9.17, 15) is 13.2 Å². The summed E-state index contributed by atoms with van der Waals surface area (Å²) < 4.78 is 38.7. The monoisotopic (exact) mass is 255 g/mol. The van der Waals surface area contributed by atoms with Gasteiger partial charge in [-0.3, -0.25) is 0 Å². The number of hydrogen-bond donors (Lipinski definition) is 1. The van der Waals surface area contributed by atoms with Crippen molar-refractivity contribution in [3.05, 3.63) is 35.3 Å². The smallest absolute Gasteiger partial charge is 0.322 e. The number of para-hydroxylation sites is 1. The lowest BCUT2D eigenvalue weighted by Crippen LogP contribution is -2.13. The number of halogens is 3. The molecular weight excluding hydrogens is 243 g/mol.